The van der Waals surface area contributed by atoms with Gasteiger partial charge in [0.25, 0.3) is 5.91 Å². The van der Waals surface area contributed by atoms with Gasteiger partial charge in [0.05, 0.1) is 4.91 Å². The zero-order valence-electron chi connectivity index (χ0n) is 11.8. The summed E-state index contributed by atoms with van der Waals surface area (Å²) < 4.78 is 0.291. The van der Waals surface area contributed by atoms with Crippen LogP contribution < -0.4 is 0 Å². The van der Waals surface area contributed by atoms with E-state index >= 15 is 0 Å². The second kappa shape index (κ2) is 7.75. The number of carbonyl (C=O) groups excluding carboxylic acids is 1. The van der Waals surface area contributed by atoms with Crippen LogP contribution >= 0.6 is 35.7 Å². The van der Waals surface area contributed by atoms with E-state index in [4.69, 9.17) is 12.2 Å². The maximum atomic E-state index is 12.5. The molecule has 5 nitrogen and oxygen atoms in total. The zero-order valence-corrected chi connectivity index (χ0v) is 14.2. The van der Waals surface area contributed by atoms with Crippen molar-refractivity contribution in [2.75, 3.05) is 12.0 Å². The van der Waals surface area contributed by atoms with Crippen molar-refractivity contribution in [2.45, 2.75) is 12.5 Å². The molecular weight excluding hydrogens is 340 g/mol. The monoisotopic (exact) mass is 354 g/mol. The average molecular weight is 354 g/mol. The van der Waals surface area contributed by atoms with Crippen LogP contribution in [0.4, 0.5) is 0 Å². The molecule has 0 bridgehead atoms. The van der Waals surface area contributed by atoms with E-state index in [-0.39, 0.29) is 5.91 Å². The van der Waals surface area contributed by atoms with Crippen molar-refractivity contribution in [1.29, 1.82) is 0 Å². The summed E-state index contributed by atoms with van der Waals surface area (Å²) in [6, 6.07) is 2.63. The Balaban J connectivity index is 2.24. The van der Waals surface area contributed by atoms with Gasteiger partial charge in [-0.1, -0.05) is 24.0 Å². The molecule has 2 heterocycles. The number of aliphatic carboxylic acids is 1. The van der Waals surface area contributed by atoms with E-state index in [2.05, 4.69) is 4.98 Å². The Morgan fingerprint density at radius 1 is 1.55 bits per heavy atom. The fraction of sp³-hybridized carbons (Fsp3) is 0.286. The first-order valence-electron chi connectivity index (χ1n) is 6.43. The van der Waals surface area contributed by atoms with E-state index in [0.29, 0.717) is 21.4 Å². The number of amides is 1. The Morgan fingerprint density at radius 3 is 2.82 bits per heavy atom. The quantitative estimate of drug-likeness (QED) is 0.621. The maximum Gasteiger partial charge on any atom is 0.326 e. The summed E-state index contributed by atoms with van der Waals surface area (Å²) in [6.07, 6.45) is 7.22. The fourth-order valence-corrected chi connectivity index (χ4v) is 3.77. The van der Waals surface area contributed by atoms with Gasteiger partial charge in [0.2, 0.25) is 0 Å². The summed E-state index contributed by atoms with van der Waals surface area (Å²) in [6.45, 7) is 0. The predicted octanol–water partition coefficient (Wildman–Crippen LogP) is 2.49. The zero-order chi connectivity index (χ0) is 16.1. The van der Waals surface area contributed by atoms with Gasteiger partial charge >= 0.3 is 5.97 Å². The molecule has 0 spiro atoms. The molecule has 1 atom stereocenters. The van der Waals surface area contributed by atoms with Crippen molar-refractivity contribution in [3.63, 3.8) is 0 Å². The molecule has 0 aliphatic carbocycles. The number of thiocarbonyl (C=S) groups is 1. The first-order chi connectivity index (χ1) is 10.5. The highest BCUT2D eigenvalue weighted by molar-refractivity contribution is 8.26. The number of carbonyl (C=O) groups is 2. The molecule has 116 valence electrons. The lowest BCUT2D eigenvalue weighted by molar-refractivity contribution is -0.145. The van der Waals surface area contributed by atoms with Gasteiger partial charge in [0.15, 0.2) is 0 Å². The Bertz CT molecular complexity index is 619. The number of hydrogen-bond donors (Lipinski definition) is 1. The molecule has 1 aliphatic rings. The van der Waals surface area contributed by atoms with Crippen molar-refractivity contribution in [1.82, 2.24) is 9.88 Å². The third-order valence-electron chi connectivity index (χ3n) is 3.02. The third kappa shape index (κ3) is 3.88. The van der Waals surface area contributed by atoms with Crippen molar-refractivity contribution in [2.24, 2.45) is 0 Å². The fourth-order valence-electron chi connectivity index (χ4n) is 1.95. The molecule has 0 aromatic carbocycles. The van der Waals surface area contributed by atoms with Crippen LogP contribution in [0, 0.1) is 0 Å². The Kier molecular flexibility index (Phi) is 5.98. The second-order valence-electron chi connectivity index (χ2n) is 4.47. The summed E-state index contributed by atoms with van der Waals surface area (Å²) in [4.78, 5) is 29.5. The topological polar surface area (TPSA) is 70.5 Å². The summed E-state index contributed by atoms with van der Waals surface area (Å²) in [5.41, 5.74) is 0.825. The van der Waals surface area contributed by atoms with E-state index in [1.807, 2.05) is 6.26 Å². The first kappa shape index (κ1) is 17.0. The molecule has 1 N–H and O–H groups in total. The van der Waals surface area contributed by atoms with Crippen molar-refractivity contribution in [3.05, 3.63) is 35.0 Å². The lowest BCUT2D eigenvalue weighted by Gasteiger charge is -2.22. The molecule has 1 unspecified atom stereocenters. The Morgan fingerprint density at radius 2 is 2.23 bits per heavy atom. The van der Waals surface area contributed by atoms with Crippen molar-refractivity contribution >= 4 is 58.0 Å². The standard InChI is InChI=1S/C14H14N2O3S3/c1-21-7-4-10(13(18)19)16-12(17)11(22-14(16)20)8-9-2-5-15-6-3-9/h2-3,5-6,8,10H,4,7H2,1H3,(H,18,19)/b11-8-. The summed E-state index contributed by atoms with van der Waals surface area (Å²) in [5.74, 6) is -0.729. The van der Waals surface area contributed by atoms with Gasteiger partial charge in [0, 0.05) is 12.4 Å². The Hall–Kier alpha value is -1.38. The molecular formula is C14H14N2O3S3. The number of thioether (sulfide) groups is 2. The molecule has 0 radical (unpaired) electrons. The van der Waals surface area contributed by atoms with Gasteiger partial charge in [-0.25, -0.2) is 4.79 Å². The number of pyridine rings is 1. The van der Waals surface area contributed by atoms with Crippen LogP contribution in [0.15, 0.2) is 29.4 Å². The molecule has 2 rings (SSSR count). The summed E-state index contributed by atoms with van der Waals surface area (Å²) in [5, 5.41) is 9.37. The minimum Gasteiger partial charge on any atom is -0.480 e. The van der Waals surface area contributed by atoms with Crippen LogP contribution in [-0.2, 0) is 9.59 Å². The third-order valence-corrected chi connectivity index (χ3v) is 4.99. The molecule has 1 aromatic heterocycles. The van der Waals surface area contributed by atoms with E-state index in [9.17, 15) is 14.7 Å². The largest absolute Gasteiger partial charge is 0.480 e. The van der Waals surface area contributed by atoms with Crippen LogP contribution in [0.5, 0.6) is 0 Å². The van der Waals surface area contributed by atoms with Gasteiger partial charge in [-0.2, -0.15) is 11.8 Å². The van der Waals surface area contributed by atoms with Crippen LogP contribution in [0.1, 0.15) is 12.0 Å². The smallest absolute Gasteiger partial charge is 0.326 e. The van der Waals surface area contributed by atoms with E-state index in [1.54, 1.807) is 30.6 Å². The lowest BCUT2D eigenvalue weighted by atomic mass is 10.2. The minimum absolute atomic E-state index is 0.291. The number of rotatable bonds is 6. The molecule has 8 heteroatoms. The van der Waals surface area contributed by atoms with Crippen LogP contribution in [0.2, 0.25) is 0 Å². The minimum atomic E-state index is -1.03. The predicted molar refractivity (Wildman–Crippen MR) is 93.7 cm³/mol. The van der Waals surface area contributed by atoms with Crippen molar-refractivity contribution < 1.29 is 14.7 Å². The van der Waals surface area contributed by atoms with Crippen LogP contribution in [0.25, 0.3) is 6.08 Å². The molecule has 1 aliphatic heterocycles. The first-order valence-corrected chi connectivity index (χ1v) is 9.05. The molecule has 22 heavy (non-hydrogen) atoms. The normalized spacial score (nSPS) is 18.0. The number of nitrogens with zero attached hydrogens (tertiary/aromatic N) is 2. The highest BCUT2D eigenvalue weighted by Gasteiger charge is 2.40. The van der Waals surface area contributed by atoms with E-state index in [1.165, 1.54) is 16.7 Å². The molecule has 1 aromatic rings. The maximum absolute atomic E-state index is 12.5. The molecule has 0 saturated carbocycles. The Labute approximate surface area is 142 Å². The highest BCUT2D eigenvalue weighted by Crippen LogP contribution is 2.34. The molecule has 1 fully saturated rings. The van der Waals surface area contributed by atoms with Gasteiger partial charge in [-0.15, -0.1) is 0 Å². The summed E-state index contributed by atoms with van der Waals surface area (Å²) in [7, 11) is 0. The number of hydrogen-bond acceptors (Lipinski definition) is 6. The highest BCUT2D eigenvalue weighted by atomic mass is 32.2. The van der Waals surface area contributed by atoms with Gasteiger partial charge < -0.3 is 5.11 Å². The van der Waals surface area contributed by atoms with Crippen LogP contribution in [-0.4, -0.2) is 49.2 Å². The summed E-state index contributed by atoms with van der Waals surface area (Å²) >= 11 is 7.87. The van der Waals surface area contributed by atoms with Gasteiger partial charge in [-0.05, 0) is 42.2 Å². The van der Waals surface area contributed by atoms with E-state index in [0.717, 1.165) is 17.3 Å². The van der Waals surface area contributed by atoms with Gasteiger partial charge in [0.1, 0.15) is 10.4 Å². The molecule has 1 amide bonds. The number of aromatic nitrogens is 1. The number of carboxylic acids is 1. The van der Waals surface area contributed by atoms with Gasteiger partial charge in [-0.3, -0.25) is 14.7 Å². The van der Waals surface area contributed by atoms with E-state index < -0.39 is 12.0 Å². The average Bonchev–Trinajstić information content (AvgIpc) is 2.76. The second-order valence-corrected chi connectivity index (χ2v) is 7.13. The molecule has 1 saturated heterocycles. The van der Waals surface area contributed by atoms with Crippen molar-refractivity contribution in [3.8, 4) is 0 Å². The SMILES string of the molecule is CSCCC(C(=O)O)N1C(=O)/C(=C/c2ccncc2)SC1=S. The lowest BCUT2D eigenvalue weighted by Crippen LogP contribution is -2.44. The van der Waals surface area contributed by atoms with Crippen LogP contribution in [0.3, 0.4) is 0 Å². The number of carboxylic acid groups (broad SMARTS) is 1.